The highest BCUT2D eigenvalue weighted by Crippen LogP contribution is 2.23. The van der Waals surface area contributed by atoms with Crippen molar-refractivity contribution in [3.05, 3.63) is 28.8 Å². The Hall–Kier alpha value is -1.75. The molecule has 0 heterocycles. The molecule has 0 radical (unpaired) electrons. The lowest BCUT2D eigenvalue weighted by atomic mass is 9.92. The van der Waals surface area contributed by atoms with Crippen LogP contribution in [0.25, 0.3) is 0 Å². The van der Waals surface area contributed by atoms with Crippen LogP contribution in [0.4, 0.5) is 0 Å². The highest BCUT2D eigenvalue weighted by atomic mass is 35.5. The third-order valence-electron chi connectivity index (χ3n) is 3.16. The molecular weight excluding hydrogens is 270 g/mol. The van der Waals surface area contributed by atoms with Crippen molar-refractivity contribution in [3.63, 3.8) is 0 Å². The summed E-state index contributed by atoms with van der Waals surface area (Å²) in [4.78, 5) is 23.4. The molecule has 5 nitrogen and oxygen atoms in total. The molecular formula is C13H16ClNO4. The molecule has 1 amide bonds. The van der Waals surface area contributed by atoms with E-state index >= 15 is 0 Å². The van der Waals surface area contributed by atoms with E-state index in [9.17, 15) is 19.8 Å². The predicted molar refractivity (Wildman–Crippen MR) is 71.5 cm³/mol. The van der Waals surface area contributed by atoms with Crippen LogP contribution in [0, 0.1) is 0 Å². The number of aromatic hydroxyl groups is 1. The van der Waals surface area contributed by atoms with E-state index in [2.05, 4.69) is 5.32 Å². The molecule has 0 atom stereocenters. The van der Waals surface area contributed by atoms with Crippen molar-refractivity contribution in [1.29, 1.82) is 0 Å². The number of hydrogen-bond donors (Lipinski definition) is 3. The van der Waals surface area contributed by atoms with E-state index in [1.165, 1.54) is 18.2 Å². The number of phenols is 1. The fraction of sp³-hybridized carbons (Fsp3) is 0.385. The van der Waals surface area contributed by atoms with E-state index in [1.807, 2.05) is 0 Å². The van der Waals surface area contributed by atoms with Gasteiger partial charge in [0.25, 0.3) is 5.91 Å². The van der Waals surface area contributed by atoms with Crippen LogP contribution in [0.2, 0.25) is 5.02 Å². The molecule has 6 heteroatoms. The number of carbonyl (C=O) groups excluding carboxylic acids is 1. The Bertz CT molecular complexity index is 497. The highest BCUT2D eigenvalue weighted by molar-refractivity contribution is 6.34. The predicted octanol–water partition coefficient (Wildman–Crippen LogP) is 2.42. The van der Waals surface area contributed by atoms with E-state index in [0.717, 1.165) is 0 Å². The number of halogens is 1. The number of rotatable bonds is 5. The van der Waals surface area contributed by atoms with Crippen LogP contribution in [0.15, 0.2) is 18.2 Å². The van der Waals surface area contributed by atoms with Gasteiger partial charge in [-0.2, -0.15) is 0 Å². The minimum atomic E-state index is -1.33. The maximum absolute atomic E-state index is 12.1. The van der Waals surface area contributed by atoms with Gasteiger partial charge in [-0.25, -0.2) is 4.79 Å². The molecule has 104 valence electrons. The van der Waals surface area contributed by atoms with Crippen molar-refractivity contribution >= 4 is 23.5 Å². The van der Waals surface area contributed by atoms with Crippen LogP contribution in [0.5, 0.6) is 5.75 Å². The van der Waals surface area contributed by atoms with Gasteiger partial charge < -0.3 is 15.5 Å². The maximum atomic E-state index is 12.1. The first-order chi connectivity index (χ1) is 8.86. The van der Waals surface area contributed by atoms with E-state index in [1.54, 1.807) is 13.8 Å². The monoisotopic (exact) mass is 285 g/mol. The van der Waals surface area contributed by atoms with Gasteiger partial charge in [-0.1, -0.05) is 25.4 Å². The Kier molecular flexibility index (Phi) is 4.78. The van der Waals surface area contributed by atoms with E-state index in [-0.39, 0.29) is 29.2 Å². The summed E-state index contributed by atoms with van der Waals surface area (Å²) < 4.78 is 0. The zero-order chi connectivity index (χ0) is 14.6. The van der Waals surface area contributed by atoms with Gasteiger partial charge in [0.2, 0.25) is 0 Å². The number of nitrogens with one attached hydrogen (secondary N) is 1. The molecule has 1 aromatic rings. The highest BCUT2D eigenvalue weighted by Gasteiger charge is 2.36. The van der Waals surface area contributed by atoms with E-state index < -0.39 is 17.4 Å². The zero-order valence-electron chi connectivity index (χ0n) is 10.7. The second kappa shape index (κ2) is 5.93. The lowest BCUT2D eigenvalue weighted by Crippen LogP contribution is -2.53. The second-order valence-electron chi connectivity index (χ2n) is 4.21. The number of carboxylic acids is 1. The maximum Gasteiger partial charge on any atom is 0.329 e. The van der Waals surface area contributed by atoms with Crippen LogP contribution in [0.3, 0.4) is 0 Å². The van der Waals surface area contributed by atoms with Gasteiger partial charge in [0, 0.05) is 0 Å². The molecule has 0 unspecified atom stereocenters. The van der Waals surface area contributed by atoms with Gasteiger partial charge >= 0.3 is 5.97 Å². The molecule has 1 aromatic carbocycles. The van der Waals surface area contributed by atoms with Crippen LogP contribution >= 0.6 is 11.6 Å². The summed E-state index contributed by atoms with van der Waals surface area (Å²) in [5, 5.41) is 21.2. The standard InChI is InChI=1S/C13H16ClNO4/c1-3-13(4-2,12(18)19)15-11(17)9-7-8(16)5-6-10(9)14/h5-7,16H,3-4H2,1-2H3,(H,15,17)(H,18,19). The lowest BCUT2D eigenvalue weighted by molar-refractivity contribution is -0.144. The van der Waals surface area contributed by atoms with Crippen LogP contribution < -0.4 is 5.32 Å². The summed E-state index contributed by atoms with van der Waals surface area (Å²) in [7, 11) is 0. The lowest BCUT2D eigenvalue weighted by Gasteiger charge is -2.28. The average Bonchev–Trinajstić information content (AvgIpc) is 2.38. The van der Waals surface area contributed by atoms with Crippen molar-refractivity contribution in [2.75, 3.05) is 0 Å². The number of benzene rings is 1. The number of aliphatic carboxylic acids is 1. The molecule has 19 heavy (non-hydrogen) atoms. The Labute approximate surface area is 116 Å². The Balaban J connectivity index is 3.07. The SMILES string of the molecule is CCC(CC)(NC(=O)c1cc(O)ccc1Cl)C(=O)O. The Morgan fingerprint density at radius 3 is 2.37 bits per heavy atom. The Morgan fingerprint density at radius 2 is 1.89 bits per heavy atom. The normalized spacial score (nSPS) is 11.1. The molecule has 0 aliphatic rings. The molecule has 0 saturated carbocycles. The van der Waals surface area contributed by atoms with Gasteiger partial charge in [0.05, 0.1) is 10.6 Å². The number of hydrogen-bond acceptors (Lipinski definition) is 3. The molecule has 0 bridgehead atoms. The second-order valence-corrected chi connectivity index (χ2v) is 4.62. The number of phenolic OH excluding ortho intramolecular Hbond substituents is 1. The van der Waals surface area contributed by atoms with Crippen molar-refractivity contribution in [2.45, 2.75) is 32.2 Å². The topological polar surface area (TPSA) is 86.6 Å². The fourth-order valence-electron chi connectivity index (χ4n) is 1.75. The summed E-state index contributed by atoms with van der Waals surface area (Å²) >= 11 is 5.87. The first-order valence-corrected chi connectivity index (χ1v) is 6.28. The number of amides is 1. The van der Waals surface area contributed by atoms with Gasteiger partial charge in [0.15, 0.2) is 0 Å². The average molecular weight is 286 g/mol. The quantitative estimate of drug-likeness (QED) is 0.775. The van der Waals surface area contributed by atoms with Gasteiger partial charge in [0.1, 0.15) is 11.3 Å². The van der Waals surface area contributed by atoms with Crippen LogP contribution in [-0.4, -0.2) is 27.6 Å². The van der Waals surface area contributed by atoms with Gasteiger partial charge in [-0.3, -0.25) is 4.79 Å². The fourth-order valence-corrected chi connectivity index (χ4v) is 1.96. The molecule has 0 aliphatic heterocycles. The molecule has 0 fully saturated rings. The summed E-state index contributed by atoms with van der Waals surface area (Å²) in [6.07, 6.45) is 0.502. The molecule has 3 N–H and O–H groups in total. The summed E-state index contributed by atoms with van der Waals surface area (Å²) in [6, 6.07) is 3.94. The van der Waals surface area contributed by atoms with Gasteiger partial charge in [-0.05, 0) is 31.0 Å². The third-order valence-corrected chi connectivity index (χ3v) is 3.49. The van der Waals surface area contributed by atoms with Crippen molar-refractivity contribution in [2.24, 2.45) is 0 Å². The van der Waals surface area contributed by atoms with Gasteiger partial charge in [-0.15, -0.1) is 0 Å². The first kappa shape index (κ1) is 15.3. The van der Waals surface area contributed by atoms with Crippen molar-refractivity contribution in [1.82, 2.24) is 5.32 Å². The van der Waals surface area contributed by atoms with Crippen molar-refractivity contribution < 1.29 is 19.8 Å². The molecule has 0 aromatic heterocycles. The molecule has 0 spiro atoms. The summed E-state index contributed by atoms with van der Waals surface area (Å²) in [6.45, 7) is 3.37. The minimum Gasteiger partial charge on any atom is -0.508 e. The van der Waals surface area contributed by atoms with E-state index in [0.29, 0.717) is 0 Å². The molecule has 0 saturated heterocycles. The van der Waals surface area contributed by atoms with Crippen LogP contribution in [-0.2, 0) is 4.79 Å². The van der Waals surface area contributed by atoms with Crippen LogP contribution in [0.1, 0.15) is 37.0 Å². The van der Waals surface area contributed by atoms with E-state index in [4.69, 9.17) is 11.6 Å². The third kappa shape index (κ3) is 3.17. The molecule has 1 rings (SSSR count). The number of carbonyl (C=O) groups is 2. The zero-order valence-corrected chi connectivity index (χ0v) is 11.5. The summed E-state index contributed by atoms with van der Waals surface area (Å²) in [5.74, 6) is -1.82. The minimum absolute atomic E-state index is 0.0502. The largest absolute Gasteiger partial charge is 0.508 e. The Morgan fingerprint density at radius 1 is 1.32 bits per heavy atom. The molecule has 0 aliphatic carbocycles. The van der Waals surface area contributed by atoms with Crippen molar-refractivity contribution in [3.8, 4) is 5.75 Å². The smallest absolute Gasteiger partial charge is 0.329 e. The summed E-state index contributed by atoms with van der Waals surface area (Å²) in [5.41, 5.74) is -1.28. The first-order valence-electron chi connectivity index (χ1n) is 5.90. The number of carboxylic acid groups (broad SMARTS) is 1.